The number of nitrogens with zero attached hydrogens (tertiary/aromatic N) is 1. The maximum absolute atomic E-state index is 14.0. The minimum absolute atomic E-state index is 0.0921. The maximum Gasteiger partial charge on any atom is 0.137 e. The molecule has 2 rings (SSSR count). The molecular formula is C16H18FNO3. The fourth-order valence-electron chi connectivity index (χ4n) is 2.01. The largest absolute Gasteiger partial charge is 0.496 e. The van der Waals surface area contributed by atoms with Crippen molar-refractivity contribution in [3.63, 3.8) is 0 Å². The Morgan fingerprint density at radius 2 is 2.14 bits per heavy atom. The van der Waals surface area contributed by atoms with Crippen molar-refractivity contribution in [2.45, 2.75) is 19.4 Å². The van der Waals surface area contributed by atoms with Gasteiger partial charge in [-0.2, -0.15) is 0 Å². The second kappa shape index (κ2) is 7.04. The SMILES string of the molecule is CCCOc1cncc(C(O)c2c(F)cccc2OC)c1. The lowest BCUT2D eigenvalue weighted by atomic mass is 10.0. The number of aliphatic hydroxyl groups is 1. The van der Waals surface area contributed by atoms with Gasteiger partial charge in [-0.25, -0.2) is 4.39 Å². The third kappa shape index (κ3) is 3.49. The van der Waals surface area contributed by atoms with Crippen LogP contribution in [0.3, 0.4) is 0 Å². The summed E-state index contributed by atoms with van der Waals surface area (Å²) >= 11 is 0. The van der Waals surface area contributed by atoms with Crippen molar-refractivity contribution in [3.8, 4) is 11.5 Å². The Labute approximate surface area is 123 Å². The molecule has 0 aliphatic carbocycles. The summed E-state index contributed by atoms with van der Waals surface area (Å²) in [5.74, 6) is 0.313. The predicted octanol–water partition coefficient (Wildman–Crippen LogP) is 3.10. The van der Waals surface area contributed by atoms with Crippen LogP contribution in [0.25, 0.3) is 0 Å². The topological polar surface area (TPSA) is 51.6 Å². The van der Waals surface area contributed by atoms with Crippen LogP contribution in [0.1, 0.15) is 30.6 Å². The van der Waals surface area contributed by atoms with E-state index in [0.29, 0.717) is 23.7 Å². The van der Waals surface area contributed by atoms with Crippen LogP contribution in [0, 0.1) is 5.82 Å². The highest BCUT2D eigenvalue weighted by molar-refractivity contribution is 5.41. The second-order valence-electron chi connectivity index (χ2n) is 4.56. The molecule has 0 amide bonds. The lowest BCUT2D eigenvalue weighted by Gasteiger charge is -2.16. The Bertz CT molecular complexity index is 604. The summed E-state index contributed by atoms with van der Waals surface area (Å²) < 4.78 is 24.6. The van der Waals surface area contributed by atoms with Gasteiger partial charge in [0.05, 0.1) is 25.5 Å². The van der Waals surface area contributed by atoms with Crippen molar-refractivity contribution in [3.05, 3.63) is 53.6 Å². The number of ether oxygens (including phenoxy) is 2. The van der Waals surface area contributed by atoms with Gasteiger partial charge in [0.25, 0.3) is 0 Å². The Balaban J connectivity index is 2.34. The average molecular weight is 291 g/mol. The number of halogens is 1. The van der Waals surface area contributed by atoms with E-state index in [9.17, 15) is 9.50 Å². The van der Waals surface area contributed by atoms with Crippen LogP contribution >= 0.6 is 0 Å². The molecule has 1 aromatic carbocycles. The zero-order chi connectivity index (χ0) is 15.2. The number of rotatable bonds is 6. The van der Waals surface area contributed by atoms with Crippen LogP contribution in [-0.4, -0.2) is 23.8 Å². The highest BCUT2D eigenvalue weighted by atomic mass is 19.1. The van der Waals surface area contributed by atoms with E-state index in [1.165, 1.54) is 25.4 Å². The van der Waals surface area contributed by atoms with Crippen molar-refractivity contribution in [1.82, 2.24) is 4.98 Å². The van der Waals surface area contributed by atoms with Crippen LogP contribution in [0.4, 0.5) is 4.39 Å². The molecule has 1 aromatic heterocycles. The Kier molecular flexibility index (Phi) is 5.11. The molecule has 0 saturated carbocycles. The summed E-state index contributed by atoms with van der Waals surface area (Å²) in [6, 6.07) is 6.07. The van der Waals surface area contributed by atoms with Crippen LogP contribution in [0.2, 0.25) is 0 Å². The van der Waals surface area contributed by atoms with E-state index in [0.717, 1.165) is 6.42 Å². The number of methoxy groups -OCH3 is 1. The van der Waals surface area contributed by atoms with E-state index in [1.54, 1.807) is 18.3 Å². The quantitative estimate of drug-likeness (QED) is 0.888. The highest BCUT2D eigenvalue weighted by Gasteiger charge is 2.20. The van der Waals surface area contributed by atoms with Crippen molar-refractivity contribution in [2.24, 2.45) is 0 Å². The Morgan fingerprint density at radius 1 is 1.33 bits per heavy atom. The minimum atomic E-state index is -1.17. The number of benzene rings is 1. The first-order valence-electron chi connectivity index (χ1n) is 6.75. The number of aliphatic hydroxyl groups excluding tert-OH is 1. The van der Waals surface area contributed by atoms with E-state index in [4.69, 9.17) is 9.47 Å². The third-order valence-electron chi connectivity index (χ3n) is 3.03. The molecule has 0 aliphatic heterocycles. The molecule has 0 bridgehead atoms. The fraction of sp³-hybridized carbons (Fsp3) is 0.312. The van der Waals surface area contributed by atoms with Crippen molar-refractivity contribution < 1.29 is 19.0 Å². The second-order valence-corrected chi connectivity index (χ2v) is 4.56. The van der Waals surface area contributed by atoms with Gasteiger partial charge in [-0.05, 0) is 24.6 Å². The molecule has 2 aromatic rings. The number of hydrogen-bond acceptors (Lipinski definition) is 4. The summed E-state index contributed by atoms with van der Waals surface area (Å²) in [6.45, 7) is 2.56. The maximum atomic E-state index is 14.0. The standard InChI is InChI=1S/C16H18FNO3/c1-3-7-21-12-8-11(9-18-10-12)16(19)15-13(17)5-4-6-14(15)20-2/h4-6,8-10,16,19H,3,7H2,1-2H3. The first-order chi connectivity index (χ1) is 10.2. The first-order valence-corrected chi connectivity index (χ1v) is 6.75. The molecule has 0 radical (unpaired) electrons. The molecule has 1 heterocycles. The van der Waals surface area contributed by atoms with Crippen LogP contribution in [0.15, 0.2) is 36.7 Å². The number of pyridine rings is 1. The van der Waals surface area contributed by atoms with E-state index < -0.39 is 11.9 Å². The minimum Gasteiger partial charge on any atom is -0.496 e. The summed E-state index contributed by atoms with van der Waals surface area (Å²) in [7, 11) is 1.43. The van der Waals surface area contributed by atoms with Crippen LogP contribution in [-0.2, 0) is 0 Å². The zero-order valence-electron chi connectivity index (χ0n) is 12.0. The Hall–Kier alpha value is -2.14. The molecule has 112 valence electrons. The summed E-state index contributed by atoms with van der Waals surface area (Å²) in [4.78, 5) is 4.02. The summed E-state index contributed by atoms with van der Waals surface area (Å²) in [5, 5.41) is 10.4. The molecule has 1 unspecified atom stereocenters. The summed E-state index contributed by atoms with van der Waals surface area (Å²) in [5.41, 5.74) is 0.543. The molecule has 1 N–H and O–H groups in total. The molecule has 0 saturated heterocycles. The smallest absolute Gasteiger partial charge is 0.137 e. The van der Waals surface area contributed by atoms with Crippen LogP contribution in [0.5, 0.6) is 11.5 Å². The molecule has 1 atom stereocenters. The average Bonchev–Trinajstić information content (AvgIpc) is 2.52. The first kappa shape index (κ1) is 15.3. The van der Waals surface area contributed by atoms with Gasteiger partial charge in [-0.3, -0.25) is 4.98 Å². The zero-order valence-corrected chi connectivity index (χ0v) is 12.0. The van der Waals surface area contributed by atoms with Gasteiger partial charge in [-0.1, -0.05) is 13.0 Å². The molecule has 21 heavy (non-hydrogen) atoms. The lowest BCUT2D eigenvalue weighted by molar-refractivity contribution is 0.207. The summed E-state index contributed by atoms with van der Waals surface area (Å²) in [6.07, 6.45) is 2.74. The van der Waals surface area contributed by atoms with Crippen LogP contribution < -0.4 is 9.47 Å². The van der Waals surface area contributed by atoms with Gasteiger partial charge < -0.3 is 14.6 Å². The third-order valence-corrected chi connectivity index (χ3v) is 3.03. The molecule has 5 heteroatoms. The van der Waals surface area contributed by atoms with E-state index in [-0.39, 0.29) is 5.56 Å². The Morgan fingerprint density at radius 3 is 2.86 bits per heavy atom. The fourth-order valence-corrected chi connectivity index (χ4v) is 2.01. The molecular weight excluding hydrogens is 273 g/mol. The predicted molar refractivity (Wildman–Crippen MR) is 77.0 cm³/mol. The van der Waals surface area contributed by atoms with Gasteiger partial charge in [0.15, 0.2) is 0 Å². The van der Waals surface area contributed by atoms with Gasteiger partial charge in [0, 0.05) is 11.8 Å². The number of aromatic nitrogens is 1. The molecule has 0 aliphatic rings. The molecule has 4 nitrogen and oxygen atoms in total. The van der Waals surface area contributed by atoms with Gasteiger partial charge in [-0.15, -0.1) is 0 Å². The molecule has 0 fully saturated rings. The van der Waals surface area contributed by atoms with Crippen molar-refractivity contribution >= 4 is 0 Å². The molecule has 0 spiro atoms. The van der Waals surface area contributed by atoms with Gasteiger partial charge >= 0.3 is 0 Å². The van der Waals surface area contributed by atoms with E-state index in [1.807, 2.05) is 6.92 Å². The van der Waals surface area contributed by atoms with E-state index in [2.05, 4.69) is 4.98 Å². The normalized spacial score (nSPS) is 12.0. The van der Waals surface area contributed by atoms with Gasteiger partial charge in [0.1, 0.15) is 23.4 Å². The number of hydrogen-bond donors (Lipinski definition) is 1. The monoisotopic (exact) mass is 291 g/mol. The van der Waals surface area contributed by atoms with Crippen molar-refractivity contribution in [2.75, 3.05) is 13.7 Å². The lowest BCUT2D eigenvalue weighted by Crippen LogP contribution is -2.06. The highest BCUT2D eigenvalue weighted by Crippen LogP contribution is 2.32. The van der Waals surface area contributed by atoms with E-state index >= 15 is 0 Å². The van der Waals surface area contributed by atoms with Gasteiger partial charge in [0.2, 0.25) is 0 Å². The van der Waals surface area contributed by atoms with Crippen molar-refractivity contribution in [1.29, 1.82) is 0 Å².